The maximum Gasteiger partial charge on any atom is 0.0745 e. The molecule has 0 aromatic rings. The highest BCUT2D eigenvalue weighted by atomic mass is 14.8. The summed E-state index contributed by atoms with van der Waals surface area (Å²) < 4.78 is 0. The molecule has 0 saturated heterocycles. The molecular weight excluding hydrogens is 158 g/mol. The van der Waals surface area contributed by atoms with Crippen molar-refractivity contribution >= 4 is 6.21 Å². The molecule has 0 fully saturated rings. The lowest BCUT2D eigenvalue weighted by atomic mass is 9.80. The average Bonchev–Trinajstić information content (AvgIpc) is 2.47. The van der Waals surface area contributed by atoms with Crippen LogP contribution in [0.15, 0.2) is 28.8 Å². The van der Waals surface area contributed by atoms with Crippen molar-refractivity contribution < 1.29 is 0 Å². The van der Waals surface area contributed by atoms with E-state index < -0.39 is 0 Å². The predicted octanol–water partition coefficient (Wildman–Crippen LogP) is 2.99. The Hall–Kier alpha value is -0.850. The third-order valence-electron chi connectivity index (χ3n) is 2.83. The van der Waals surface area contributed by atoms with Crippen molar-refractivity contribution in [2.45, 2.75) is 33.2 Å². The number of hydrogen-bond acceptors (Lipinski definition) is 1. The summed E-state index contributed by atoms with van der Waals surface area (Å²) in [6.07, 6.45) is 10.1. The number of fused-ring (bicyclic) bond motifs is 1. The molecule has 1 nitrogen and oxygen atoms in total. The molecule has 1 aliphatic carbocycles. The zero-order valence-electron chi connectivity index (χ0n) is 8.62. The van der Waals surface area contributed by atoms with Crippen LogP contribution in [0, 0.1) is 11.3 Å². The molecule has 1 aliphatic heterocycles. The van der Waals surface area contributed by atoms with Crippen LogP contribution in [0.4, 0.5) is 0 Å². The van der Waals surface area contributed by atoms with Gasteiger partial charge in [-0.1, -0.05) is 39.0 Å². The van der Waals surface area contributed by atoms with Gasteiger partial charge in [-0.25, -0.2) is 0 Å². The SMILES string of the molecule is CC(C)(C)C1=CC2CC=NC2C=C1. The summed E-state index contributed by atoms with van der Waals surface area (Å²) >= 11 is 0. The second-order valence-corrected chi connectivity index (χ2v) is 4.95. The second kappa shape index (κ2) is 2.83. The molecule has 0 bridgehead atoms. The van der Waals surface area contributed by atoms with E-state index in [1.165, 1.54) is 5.57 Å². The van der Waals surface area contributed by atoms with Gasteiger partial charge in [0.25, 0.3) is 0 Å². The number of rotatable bonds is 0. The van der Waals surface area contributed by atoms with Gasteiger partial charge in [0.05, 0.1) is 6.04 Å². The molecule has 0 spiro atoms. The van der Waals surface area contributed by atoms with Gasteiger partial charge < -0.3 is 0 Å². The van der Waals surface area contributed by atoms with Gasteiger partial charge in [-0.05, 0) is 17.4 Å². The van der Waals surface area contributed by atoms with Gasteiger partial charge in [0.2, 0.25) is 0 Å². The lowest BCUT2D eigenvalue weighted by Crippen LogP contribution is -2.18. The molecule has 2 atom stereocenters. The van der Waals surface area contributed by atoms with E-state index in [0.29, 0.717) is 12.0 Å². The Kier molecular flexibility index (Phi) is 1.90. The monoisotopic (exact) mass is 175 g/mol. The van der Waals surface area contributed by atoms with E-state index in [2.05, 4.69) is 50.2 Å². The highest BCUT2D eigenvalue weighted by molar-refractivity contribution is 5.63. The molecule has 70 valence electrons. The minimum Gasteiger partial charge on any atom is -0.289 e. The molecule has 2 rings (SSSR count). The van der Waals surface area contributed by atoms with Gasteiger partial charge in [-0.15, -0.1) is 0 Å². The quantitative estimate of drug-likeness (QED) is 0.536. The topological polar surface area (TPSA) is 12.4 Å². The van der Waals surface area contributed by atoms with Crippen molar-refractivity contribution in [2.24, 2.45) is 16.3 Å². The first-order chi connectivity index (χ1) is 6.07. The Morgan fingerprint density at radius 3 is 2.85 bits per heavy atom. The van der Waals surface area contributed by atoms with E-state index in [-0.39, 0.29) is 5.41 Å². The molecule has 1 heterocycles. The molecule has 2 aliphatic rings. The summed E-state index contributed by atoms with van der Waals surface area (Å²) in [4.78, 5) is 4.42. The van der Waals surface area contributed by atoms with Crippen LogP contribution in [0.25, 0.3) is 0 Å². The van der Waals surface area contributed by atoms with E-state index in [0.717, 1.165) is 6.42 Å². The van der Waals surface area contributed by atoms with Crippen molar-refractivity contribution in [1.29, 1.82) is 0 Å². The standard InChI is InChI=1S/C12H17N/c1-12(2,3)10-4-5-11-9(8-10)6-7-13-11/h4-5,7-9,11H,6H2,1-3H3. The number of hydrogen-bond donors (Lipinski definition) is 0. The summed E-state index contributed by atoms with van der Waals surface area (Å²) in [6, 6.07) is 0.436. The number of nitrogens with zero attached hydrogens (tertiary/aromatic N) is 1. The van der Waals surface area contributed by atoms with Gasteiger partial charge in [0.1, 0.15) is 0 Å². The van der Waals surface area contributed by atoms with Crippen molar-refractivity contribution in [3.8, 4) is 0 Å². The Bertz CT molecular complexity index is 289. The van der Waals surface area contributed by atoms with Crippen molar-refractivity contribution in [1.82, 2.24) is 0 Å². The zero-order chi connectivity index (χ0) is 9.47. The lowest BCUT2D eigenvalue weighted by Gasteiger charge is -2.26. The van der Waals surface area contributed by atoms with Crippen LogP contribution in [0.2, 0.25) is 0 Å². The Labute approximate surface area is 80.3 Å². The molecule has 0 amide bonds. The van der Waals surface area contributed by atoms with Crippen LogP contribution in [0.5, 0.6) is 0 Å². The van der Waals surface area contributed by atoms with Crippen LogP contribution in [0.3, 0.4) is 0 Å². The summed E-state index contributed by atoms with van der Waals surface area (Å²) in [5.41, 5.74) is 1.74. The van der Waals surface area contributed by atoms with Gasteiger partial charge in [-0.3, -0.25) is 4.99 Å². The molecule has 0 N–H and O–H groups in total. The summed E-state index contributed by atoms with van der Waals surface area (Å²) in [5, 5.41) is 0. The molecule has 13 heavy (non-hydrogen) atoms. The molecule has 0 radical (unpaired) electrons. The van der Waals surface area contributed by atoms with Crippen molar-refractivity contribution in [2.75, 3.05) is 0 Å². The minimum atomic E-state index is 0.282. The van der Waals surface area contributed by atoms with Crippen molar-refractivity contribution in [3.63, 3.8) is 0 Å². The fraction of sp³-hybridized carbons (Fsp3) is 0.583. The van der Waals surface area contributed by atoms with Crippen molar-refractivity contribution in [3.05, 3.63) is 23.8 Å². The van der Waals surface area contributed by atoms with E-state index >= 15 is 0 Å². The molecular formula is C12H17N. The highest BCUT2D eigenvalue weighted by Gasteiger charge is 2.26. The summed E-state index contributed by atoms with van der Waals surface area (Å²) in [5.74, 6) is 0.638. The van der Waals surface area contributed by atoms with Crippen LogP contribution >= 0.6 is 0 Å². The van der Waals surface area contributed by atoms with E-state index in [1.54, 1.807) is 0 Å². The molecule has 0 saturated carbocycles. The molecule has 2 unspecified atom stereocenters. The largest absolute Gasteiger partial charge is 0.289 e. The van der Waals surface area contributed by atoms with E-state index in [9.17, 15) is 0 Å². The fourth-order valence-corrected chi connectivity index (χ4v) is 1.90. The smallest absolute Gasteiger partial charge is 0.0745 e. The molecule has 0 aromatic heterocycles. The molecule has 0 aromatic carbocycles. The number of allylic oxidation sites excluding steroid dienone is 2. The van der Waals surface area contributed by atoms with Gasteiger partial charge in [0, 0.05) is 12.1 Å². The van der Waals surface area contributed by atoms with Gasteiger partial charge in [-0.2, -0.15) is 0 Å². The molecule has 1 heteroatoms. The third-order valence-corrected chi connectivity index (χ3v) is 2.83. The van der Waals surface area contributed by atoms with Gasteiger partial charge in [0.15, 0.2) is 0 Å². The fourth-order valence-electron chi connectivity index (χ4n) is 1.90. The minimum absolute atomic E-state index is 0.282. The van der Waals surface area contributed by atoms with Crippen LogP contribution in [-0.2, 0) is 0 Å². The first-order valence-corrected chi connectivity index (χ1v) is 4.99. The van der Waals surface area contributed by atoms with Crippen LogP contribution in [-0.4, -0.2) is 12.3 Å². The third kappa shape index (κ3) is 1.60. The normalized spacial score (nSPS) is 31.8. The summed E-state index contributed by atoms with van der Waals surface area (Å²) in [6.45, 7) is 6.79. The van der Waals surface area contributed by atoms with Gasteiger partial charge >= 0.3 is 0 Å². The predicted molar refractivity (Wildman–Crippen MR) is 57.1 cm³/mol. The maximum atomic E-state index is 4.42. The lowest BCUT2D eigenvalue weighted by molar-refractivity contribution is 0.497. The first kappa shape index (κ1) is 8.74. The van der Waals surface area contributed by atoms with Crippen LogP contribution in [0.1, 0.15) is 27.2 Å². The Morgan fingerprint density at radius 1 is 1.38 bits per heavy atom. The Balaban J connectivity index is 2.22. The second-order valence-electron chi connectivity index (χ2n) is 4.95. The van der Waals surface area contributed by atoms with E-state index in [4.69, 9.17) is 0 Å². The van der Waals surface area contributed by atoms with Crippen LogP contribution < -0.4 is 0 Å². The first-order valence-electron chi connectivity index (χ1n) is 4.99. The number of aliphatic imine (C=N–C) groups is 1. The Morgan fingerprint density at radius 2 is 2.15 bits per heavy atom. The maximum absolute atomic E-state index is 4.42. The van der Waals surface area contributed by atoms with E-state index in [1.807, 2.05) is 0 Å². The summed E-state index contributed by atoms with van der Waals surface area (Å²) in [7, 11) is 0. The highest BCUT2D eigenvalue weighted by Crippen LogP contribution is 2.34. The zero-order valence-corrected chi connectivity index (χ0v) is 8.62. The average molecular weight is 175 g/mol.